The average Bonchev–Trinajstić information content (AvgIpc) is 2.40. The highest BCUT2D eigenvalue weighted by Gasteiger charge is 2.16. The van der Waals surface area contributed by atoms with Crippen LogP contribution in [0.25, 0.3) is 0 Å². The van der Waals surface area contributed by atoms with E-state index in [2.05, 4.69) is 20.1 Å². The lowest BCUT2D eigenvalue weighted by atomic mass is 10.0. The molecule has 0 radical (unpaired) electrons. The largest absolute Gasteiger partial charge is 0.292 e. The van der Waals surface area contributed by atoms with Gasteiger partial charge in [0.05, 0.1) is 12.4 Å². The fraction of sp³-hybridized carbons (Fsp3) is 0.600. The third-order valence-electron chi connectivity index (χ3n) is 2.78. The lowest BCUT2D eigenvalue weighted by molar-refractivity contribution is 0.478. The molecule has 0 atom stereocenters. The Morgan fingerprint density at radius 2 is 1.83 bits per heavy atom. The zero-order valence-electron chi connectivity index (χ0n) is 10.5. The summed E-state index contributed by atoms with van der Waals surface area (Å²) < 4.78 is 26.4. The van der Waals surface area contributed by atoms with Gasteiger partial charge in [-0.3, -0.25) is 5.43 Å². The van der Waals surface area contributed by atoms with Crippen molar-refractivity contribution in [3.05, 3.63) is 12.4 Å². The third-order valence-corrected chi connectivity index (χ3v) is 4.16. The quantitative estimate of drug-likeness (QED) is 0.492. The second-order valence-corrected chi connectivity index (χ2v) is 5.69. The molecule has 0 amide bonds. The number of nitrogens with one attached hydrogen (secondary N) is 2. The van der Waals surface area contributed by atoms with Crippen LogP contribution in [0.5, 0.6) is 0 Å². The van der Waals surface area contributed by atoms with Crippen LogP contribution in [0.4, 0.5) is 5.95 Å². The monoisotopic (exact) mass is 273 g/mol. The predicted molar refractivity (Wildman–Crippen MR) is 69.1 cm³/mol. The molecule has 1 heterocycles. The van der Waals surface area contributed by atoms with Gasteiger partial charge in [0.2, 0.25) is 16.0 Å². The van der Waals surface area contributed by atoms with Crippen LogP contribution in [0.1, 0.15) is 26.7 Å². The van der Waals surface area contributed by atoms with E-state index in [1.165, 1.54) is 12.4 Å². The Bertz CT molecular complexity index is 456. The van der Waals surface area contributed by atoms with E-state index in [1.807, 2.05) is 13.8 Å². The summed E-state index contributed by atoms with van der Waals surface area (Å²) in [7, 11) is -3.54. The predicted octanol–water partition coefficient (Wildman–Crippen LogP) is 0.477. The molecule has 8 heteroatoms. The molecule has 0 saturated heterocycles. The topological polar surface area (TPSA) is 110 Å². The van der Waals surface area contributed by atoms with E-state index < -0.39 is 10.0 Å². The third kappa shape index (κ3) is 3.90. The summed E-state index contributed by atoms with van der Waals surface area (Å²) >= 11 is 0. The van der Waals surface area contributed by atoms with Gasteiger partial charge in [-0.1, -0.05) is 26.7 Å². The van der Waals surface area contributed by atoms with Crippen molar-refractivity contribution >= 4 is 16.0 Å². The second kappa shape index (κ2) is 6.62. The van der Waals surface area contributed by atoms with Crippen LogP contribution in [-0.4, -0.2) is 24.9 Å². The minimum atomic E-state index is -3.54. The maximum absolute atomic E-state index is 11.9. The number of nitrogens with two attached hydrogens (primary N) is 1. The Hall–Kier alpha value is -1.25. The summed E-state index contributed by atoms with van der Waals surface area (Å²) in [5, 5.41) is 0. The second-order valence-electron chi connectivity index (χ2n) is 3.92. The van der Waals surface area contributed by atoms with Gasteiger partial charge in [-0.05, 0) is 5.92 Å². The lowest BCUT2D eigenvalue weighted by Gasteiger charge is -2.13. The first-order valence-electron chi connectivity index (χ1n) is 5.81. The number of aromatic nitrogens is 2. The van der Waals surface area contributed by atoms with Crippen molar-refractivity contribution in [1.82, 2.24) is 14.7 Å². The van der Waals surface area contributed by atoms with Crippen LogP contribution in [0.15, 0.2) is 17.3 Å². The zero-order valence-corrected chi connectivity index (χ0v) is 11.4. The van der Waals surface area contributed by atoms with Crippen molar-refractivity contribution in [3.8, 4) is 0 Å². The normalized spacial score (nSPS) is 11.8. The van der Waals surface area contributed by atoms with E-state index in [0.717, 1.165) is 12.8 Å². The van der Waals surface area contributed by atoms with Crippen LogP contribution in [-0.2, 0) is 10.0 Å². The van der Waals surface area contributed by atoms with Gasteiger partial charge in [0.25, 0.3) is 0 Å². The molecule has 0 saturated carbocycles. The molecule has 0 aliphatic carbocycles. The van der Waals surface area contributed by atoms with E-state index in [-0.39, 0.29) is 10.8 Å². The van der Waals surface area contributed by atoms with Crippen molar-refractivity contribution in [2.75, 3.05) is 12.0 Å². The Morgan fingerprint density at radius 3 is 2.28 bits per heavy atom. The summed E-state index contributed by atoms with van der Waals surface area (Å²) in [6.45, 7) is 4.49. The minimum absolute atomic E-state index is 0.0347. The Labute approximate surface area is 107 Å². The van der Waals surface area contributed by atoms with Crippen molar-refractivity contribution in [3.63, 3.8) is 0 Å². The number of hydrazine groups is 1. The number of sulfonamides is 1. The zero-order chi connectivity index (χ0) is 13.6. The van der Waals surface area contributed by atoms with E-state index in [4.69, 9.17) is 5.84 Å². The Kier molecular flexibility index (Phi) is 5.45. The highest BCUT2D eigenvalue weighted by molar-refractivity contribution is 7.89. The maximum Gasteiger partial charge on any atom is 0.243 e. The first-order chi connectivity index (χ1) is 8.53. The molecule has 1 aromatic rings. The summed E-state index contributed by atoms with van der Waals surface area (Å²) in [5.41, 5.74) is 2.24. The van der Waals surface area contributed by atoms with Gasteiger partial charge in [-0.25, -0.2) is 29.0 Å². The van der Waals surface area contributed by atoms with Gasteiger partial charge in [-0.15, -0.1) is 0 Å². The van der Waals surface area contributed by atoms with Gasteiger partial charge >= 0.3 is 0 Å². The smallest absolute Gasteiger partial charge is 0.243 e. The number of hydrogen-bond acceptors (Lipinski definition) is 6. The molecule has 0 aliphatic heterocycles. The molecule has 18 heavy (non-hydrogen) atoms. The minimum Gasteiger partial charge on any atom is -0.292 e. The maximum atomic E-state index is 11.9. The van der Waals surface area contributed by atoms with Crippen LogP contribution in [0.3, 0.4) is 0 Å². The number of nitrogens with zero attached hydrogens (tertiary/aromatic N) is 2. The summed E-state index contributed by atoms with van der Waals surface area (Å²) in [5.74, 6) is 5.62. The molecule has 0 unspecified atom stereocenters. The van der Waals surface area contributed by atoms with Gasteiger partial charge in [0.15, 0.2) is 0 Å². The molecule has 102 valence electrons. The first kappa shape index (κ1) is 14.8. The fourth-order valence-electron chi connectivity index (χ4n) is 1.42. The standard InChI is InChI=1S/C10H19N5O2S/c1-3-8(4-2)5-14-18(16,17)9-6-12-10(15-11)13-7-9/h6-8,14H,3-5,11H2,1-2H3,(H,12,13,15). The molecule has 4 N–H and O–H groups in total. The summed E-state index contributed by atoms with van der Waals surface area (Å²) in [6.07, 6.45) is 4.31. The summed E-state index contributed by atoms with van der Waals surface area (Å²) in [4.78, 5) is 7.56. The molecule has 7 nitrogen and oxygen atoms in total. The molecule has 0 spiro atoms. The van der Waals surface area contributed by atoms with Gasteiger partial charge < -0.3 is 0 Å². The van der Waals surface area contributed by atoms with E-state index in [9.17, 15) is 8.42 Å². The molecule has 1 rings (SSSR count). The van der Waals surface area contributed by atoms with E-state index in [0.29, 0.717) is 12.5 Å². The first-order valence-corrected chi connectivity index (χ1v) is 7.30. The number of hydrogen-bond donors (Lipinski definition) is 3. The highest BCUT2D eigenvalue weighted by atomic mass is 32.2. The van der Waals surface area contributed by atoms with E-state index >= 15 is 0 Å². The SMILES string of the molecule is CCC(CC)CNS(=O)(=O)c1cnc(NN)nc1. The van der Waals surface area contributed by atoms with Crippen molar-refractivity contribution in [1.29, 1.82) is 0 Å². The van der Waals surface area contributed by atoms with Gasteiger partial charge in [0, 0.05) is 6.54 Å². The van der Waals surface area contributed by atoms with Crippen LogP contribution < -0.4 is 16.0 Å². The van der Waals surface area contributed by atoms with Crippen LogP contribution in [0, 0.1) is 5.92 Å². The number of anilines is 1. The number of nitrogen functional groups attached to an aromatic ring is 1. The molecule has 0 aromatic carbocycles. The Morgan fingerprint density at radius 1 is 1.28 bits per heavy atom. The van der Waals surface area contributed by atoms with Gasteiger partial charge in [-0.2, -0.15) is 0 Å². The number of rotatable bonds is 7. The fourth-order valence-corrected chi connectivity index (χ4v) is 2.42. The van der Waals surface area contributed by atoms with E-state index in [1.54, 1.807) is 0 Å². The summed E-state index contributed by atoms with van der Waals surface area (Å²) in [6, 6.07) is 0. The molecular formula is C10H19N5O2S. The molecule has 1 aromatic heterocycles. The highest BCUT2D eigenvalue weighted by Crippen LogP contribution is 2.10. The molecule has 0 fully saturated rings. The molecule has 0 bridgehead atoms. The van der Waals surface area contributed by atoms with Crippen molar-refractivity contribution in [2.45, 2.75) is 31.6 Å². The molecule has 0 aliphatic rings. The van der Waals surface area contributed by atoms with Crippen molar-refractivity contribution in [2.24, 2.45) is 11.8 Å². The average molecular weight is 273 g/mol. The van der Waals surface area contributed by atoms with Gasteiger partial charge in [0.1, 0.15) is 4.90 Å². The van der Waals surface area contributed by atoms with Crippen LogP contribution in [0.2, 0.25) is 0 Å². The lowest BCUT2D eigenvalue weighted by Crippen LogP contribution is -2.29. The van der Waals surface area contributed by atoms with Crippen LogP contribution >= 0.6 is 0 Å². The molecular weight excluding hydrogens is 254 g/mol. The Balaban J connectivity index is 2.73. The van der Waals surface area contributed by atoms with Crippen molar-refractivity contribution < 1.29 is 8.42 Å².